The van der Waals surface area contributed by atoms with Crippen molar-refractivity contribution >= 4 is 71.1 Å². The Labute approximate surface area is 378 Å². The van der Waals surface area contributed by atoms with Gasteiger partial charge in [0.2, 0.25) is 15.9 Å². The number of fused-ring (bicyclic) bond motifs is 2. The lowest BCUT2D eigenvalue weighted by atomic mass is 9.93. The van der Waals surface area contributed by atoms with Gasteiger partial charge in [0.15, 0.2) is 21.3 Å². The summed E-state index contributed by atoms with van der Waals surface area (Å²) in [4.78, 5) is 30.9. The monoisotopic (exact) mass is 1020 g/mol. The molecule has 2 amide bonds. The third-order valence-electron chi connectivity index (χ3n) is 10.1. The van der Waals surface area contributed by atoms with Crippen LogP contribution >= 0.6 is 23.2 Å². The Kier molecular flexibility index (Phi) is 13.1. The fourth-order valence-electron chi connectivity index (χ4n) is 7.07. The average molecular weight is 1020 g/mol. The van der Waals surface area contributed by atoms with Crippen LogP contribution in [0.25, 0.3) is 22.0 Å². The van der Waals surface area contributed by atoms with Crippen molar-refractivity contribution < 1.29 is 70.3 Å². The van der Waals surface area contributed by atoms with Gasteiger partial charge in [-0.2, -0.15) is 49.6 Å². The molecule has 1 aliphatic rings. The minimum absolute atomic E-state index is 0.137. The van der Waals surface area contributed by atoms with Crippen molar-refractivity contribution in [3.8, 4) is 23.0 Å². The fourth-order valence-corrected chi connectivity index (χ4v) is 8.70. The van der Waals surface area contributed by atoms with Crippen molar-refractivity contribution in [3.63, 3.8) is 0 Å². The number of halogens is 12. The molecule has 13 nitrogen and oxygen atoms in total. The Morgan fingerprint density at radius 2 is 1.56 bits per heavy atom. The van der Waals surface area contributed by atoms with E-state index >= 15 is 8.78 Å². The quantitative estimate of drug-likeness (QED) is 0.0594. The molecule has 66 heavy (non-hydrogen) atoms. The number of hydrogen-bond donors (Lipinski definition) is 1. The van der Waals surface area contributed by atoms with Gasteiger partial charge in [0, 0.05) is 35.4 Å². The van der Waals surface area contributed by atoms with Crippen LogP contribution in [0.15, 0.2) is 42.5 Å². The second kappa shape index (κ2) is 17.3. The highest BCUT2D eigenvalue weighted by Gasteiger charge is 2.50. The number of benzene rings is 2. The molecule has 3 heterocycles. The molecular weight excluding hydrogens is 987 g/mol. The number of carbonyl (C=O) groups is 2. The summed E-state index contributed by atoms with van der Waals surface area (Å²) in [6.07, 6.45) is -11.5. The predicted molar refractivity (Wildman–Crippen MR) is 219 cm³/mol. The number of nitrogens with one attached hydrogen (secondary N) is 1. The number of nitrogens with zero attached hydrogens (tertiary/aromatic N) is 6. The standard InChI is InChI=1S/C39H31Cl2F10N7O6S2/c1-36(2,65(3,61)62)11-9-22-5-6-23(24-7-8-26(40)29-31(24)57(18-38(46,47)48)55-34(29)58(35(41)60)66(4,63)64)30(52-22)27(15-19-13-20(42)16-21(43)14-19)53-28(59)17-56-33-25(10-12-37(33,44)45)32(54-56)39(49,50)51/h5-8,13-14,16,27H,10,12,15,17-18H2,1-4H3,(H,53,59)/t27-/m0/s1. The number of sulfonamides is 1. The average Bonchev–Trinajstić information content (AvgIpc) is 3.80. The van der Waals surface area contributed by atoms with E-state index in [1.165, 1.54) is 13.8 Å². The van der Waals surface area contributed by atoms with Gasteiger partial charge in [-0.3, -0.25) is 19.0 Å². The molecule has 1 atom stereocenters. The summed E-state index contributed by atoms with van der Waals surface area (Å²) in [6.45, 7) is -0.818. The molecule has 5 aromatic rings. The van der Waals surface area contributed by atoms with Gasteiger partial charge >= 0.3 is 17.7 Å². The van der Waals surface area contributed by atoms with Gasteiger partial charge in [-0.25, -0.2) is 30.6 Å². The Balaban J connectivity index is 1.65. The van der Waals surface area contributed by atoms with Crippen molar-refractivity contribution in [2.75, 3.05) is 16.8 Å². The van der Waals surface area contributed by atoms with Crippen LogP contribution in [0.2, 0.25) is 5.02 Å². The SMILES string of the molecule is CC(C)(C#Cc1ccc(-c2ccc(Cl)c3c(N(C(=O)Cl)S(C)(=O)=O)nn(CC(F)(F)F)c23)c([C@H](Cc2cc(F)cc(F)c2)NC(=O)Cn2nc(C(F)(F)F)c3c2C(F)(F)CC3)n1)S(C)(=O)=O. The van der Waals surface area contributed by atoms with Gasteiger partial charge in [-0.1, -0.05) is 23.6 Å². The molecule has 0 saturated heterocycles. The van der Waals surface area contributed by atoms with E-state index in [0.717, 1.165) is 42.7 Å². The van der Waals surface area contributed by atoms with Crippen LogP contribution in [0.5, 0.6) is 0 Å². The molecule has 0 spiro atoms. The molecule has 1 aliphatic carbocycles. The summed E-state index contributed by atoms with van der Waals surface area (Å²) in [5.74, 6) is -3.45. The van der Waals surface area contributed by atoms with E-state index in [1.807, 2.05) is 0 Å². The summed E-state index contributed by atoms with van der Waals surface area (Å²) in [7, 11) is -8.64. The lowest BCUT2D eigenvalue weighted by Gasteiger charge is -2.23. The van der Waals surface area contributed by atoms with E-state index in [9.17, 15) is 61.5 Å². The molecule has 0 bridgehead atoms. The first kappa shape index (κ1) is 50.0. The normalized spacial score (nSPS) is 14.7. The van der Waals surface area contributed by atoms with Gasteiger partial charge in [0.1, 0.15) is 40.9 Å². The number of anilines is 1. The first-order valence-corrected chi connectivity index (χ1v) is 23.2. The van der Waals surface area contributed by atoms with Crippen LogP contribution in [0.4, 0.5) is 54.5 Å². The van der Waals surface area contributed by atoms with Crippen molar-refractivity contribution in [2.24, 2.45) is 0 Å². The number of sulfone groups is 1. The largest absolute Gasteiger partial charge is 0.435 e. The Morgan fingerprint density at radius 3 is 2.12 bits per heavy atom. The number of amides is 2. The van der Waals surface area contributed by atoms with Crippen LogP contribution in [0.1, 0.15) is 60.2 Å². The van der Waals surface area contributed by atoms with Gasteiger partial charge in [0.25, 0.3) is 5.92 Å². The smallest absolute Gasteiger partial charge is 0.346 e. The molecular formula is C39H31Cl2F10N7O6S2. The number of pyridine rings is 1. The van der Waals surface area contributed by atoms with Crippen LogP contribution in [-0.2, 0) is 62.7 Å². The predicted octanol–water partition coefficient (Wildman–Crippen LogP) is 8.25. The van der Waals surface area contributed by atoms with E-state index in [4.69, 9.17) is 23.2 Å². The second-order valence-corrected chi connectivity index (χ2v) is 20.6. The molecule has 1 N–H and O–H groups in total. The molecule has 0 unspecified atom stereocenters. The maximum atomic E-state index is 15.1. The second-order valence-electron chi connectivity index (χ2n) is 15.5. The van der Waals surface area contributed by atoms with Gasteiger partial charge in [0.05, 0.1) is 33.9 Å². The van der Waals surface area contributed by atoms with Crippen LogP contribution in [-0.4, -0.2) is 76.1 Å². The highest BCUT2D eigenvalue weighted by molar-refractivity contribution is 7.93. The van der Waals surface area contributed by atoms with E-state index < -0.39 is 149 Å². The summed E-state index contributed by atoms with van der Waals surface area (Å²) >= 11 is 12.1. The Bertz CT molecular complexity index is 3090. The highest BCUT2D eigenvalue weighted by atomic mass is 35.5. The lowest BCUT2D eigenvalue weighted by molar-refractivity contribution is -0.142. The molecule has 354 valence electrons. The molecule has 6 rings (SSSR count). The van der Waals surface area contributed by atoms with Crippen LogP contribution < -0.4 is 9.62 Å². The summed E-state index contributed by atoms with van der Waals surface area (Å²) < 4.78 is 193. The van der Waals surface area contributed by atoms with E-state index in [1.54, 1.807) is 0 Å². The molecule has 27 heteroatoms. The minimum Gasteiger partial charge on any atom is -0.346 e. The molecule has 0 fully saturated rings. The van der Waals surface area contributed by atoms with E-state index in [2.05, 4.69) is 32.3 Å². The van der Waals surface area contributed by atoms with Crippen molar-refractivity contribution in [2.45, 2.75) is 75.3 Å². The van der Waals surface area contributed by atoms with E-state index in [-0.39, 0.29) is 36.1 Å². The zero-order valence-corrected chi connectivity index (χ0v) is 37.3. The van der Waals surface area contributed by atoms with Gasteiger partial charge in [-0.05, 0) is 80.1 Å². The molecule has 0 aliphatic heterocycles. The highest BCUT2D eigenvalue weighted by Crippen LogP contribution is 2.47. The summed E-state index contributed by atoms with van der Waals surface area (Å²) in [5.41, 5.74) is -6.07. The Hall–Kier alpha value is -5.45. The molecule has 0 saturated carbocycles. The van der Waals surface area contributed by atoms with Crippen molar-refractivity contribution in [1.29, 1.82) is 0 Å². The van der Waals surface area contributed by atoms with Crippen molar-refractivity contribution in [3.05, 3.63) is 93.0 Å². The lowest BCUT2D eigenvalue weighted by Crippen LogP contribution is -2.35. The van der Waals surface area contributed by atoms with E-state index in [0.29, 0.717) is 12.3 Å². The third-order valence-corrected chi connectivity index (χ3v) is 13.7. The number of carbonyl (C=O) groups excluding carboxylic acids is 2. The Morgan fingerprint density at radius 1 is 0.939 bits per heavy atom. The van der Waals surface area contributed by atoms with Gasteiger partial charge in [-0.15, -0.1) is 0 Å². The van der Waals surface area contributed by atoms with Crippen molar-refractivity contribution in [1.82, 2.24) is 29.9 Å². The van der Waals surface area contributed by atoms with Crippen LogP contribution in [0, 0.1) is 23.5 Å². The first-order valence-electron chi connectivity index (χ1n) is 18.7. The number of hydrogen-bond acceptors (Lipinski definition) is 9. The summed E-state index contributed by atoms with van der Waals surface area (Å²) in [6, 6.07) is 4.68. The maximum Gasteiger partial charge on any atom is 0.435 e. The van der Waals surface area contributed by atoms with Crippen LogP contribution in [0.3, 0.4) is 0 Å². The molecule has 2 aromatic carbocycles. The molecule has 0 radical (unpaired) electrons. The zero-order valence-electron chi connectivity index (χ0n) is 34.1. The molecule has 3 aromatic heterocycles. The first-order chi connectivity index (χ1) is 30.2. The number of aromatic nitrogens is 5. The summed E-state index contributed by atoms with van der Waals surface area (Å²) in [5, 5.41) is 6.60. The maximum absolute atomic E-state index is 15.1. The number of rotatable bonds is 11. The zero-order chi connectivity index (χ0) is 49.3. The number of alkyl halides is 8. The topological polar surface area (TPSA) is 166 Å². The minimum atomic E-state index is -5.22. The fraction of sp³-hybridized carbons (Fsp3) is 0.359. The van der Waals surface area contributed by atoms with Gasteiger partial charge < -0.3 is 5.32 Å². The third kappa shape index (κ3) is 10.4.